The Morgan fingerprint density at radius 3 is 2.43 bits per heavy atom. The van der Waals surface area contributed by atoms with E-state index in [4.69, 9.17) is 4.42 Å². The minimum absolute atomic E-state index is 0.0516. The van der Waals surface area contributed by atoms with E-state index in [9.17, 15) is 18.8 Å². The van der Waals surface area contributed by atoms with Crippen LogP contribution in [0, 0.1) is 5.82 Å². The fourth-order valence-corrected chi connectivity index (χ4v) is 3.06. The van der Waals surface area contributed by atoms with E-state index in [2.05, 4.69) is 26.6 Å². The maximum absolute atomic E-state index is 13.8. The first-order chi connectivity index (χ1) is 14.3. The molecular weight excluding hydrogens is 457 g/mol. The lowest BCUT2D eigenvalue weighted by Crippen LogP contribution is -2.28. The minimum Gasteiger partial charge on any atom is -0.444 e. The highest BCUT2D eigenvalue weighted by Gasteiger charge is 2.22. The predicted octanol–water partition coefficient (Wildman–Crippen LogP) is 4.67. The molecule has 7 nitrogen and oxygen atoms in total. The summed E-state index contributed by atoms with van der Waals surface area (Å²) >= 11 is 3.15. The third-order valence-electron chi connectivity index (χ3n) is 4.13. The number of furan rings is 1. The fourth-order valence-electron chi connectivity index (χ4n) is 2.75. The standard InChI is InChI=1S/C21H17BrFN3O4/c1-12(27)24-16-11-13(7-8-15(16)23)25-20(28)14-5-3-4-6-17(14)26(2)21(29)18-9-10-19(22)30-18/h3-11H,1-2H3,(H,24,27)(H,25,28). The quantitative estimate of drug-likeness (QED) is 0.563. The van der Waals surface area contributed by atoms with Gasteiger partial charge in [0.2, 0.25) is 5.91 Å². The van der Waals surface area contributed by atoms with Gasteiger partial charge in [-0.15, -0.1) is 0 Å². The molecule has 0 fully saturated rings. The summed E-state index contributed by atoms with van der Waals surface area (Å²) in [7, 11) is 1.53. The summed E-state index contributed by atoms with van der Waals surface area (Å²) < 4.78 is 19.5. The zero-order chi connectivity index (χ0) is 21.8. The van der Waals surface area contributed by atoms with Crippen LogP contribution in [-0.4, -0.2) is 24.8 Å². The number of benzene rings is 2. The Morgan fingerprint density at radius 1 is 1.03 bits per heavy atom. The predicted molar refractivity (Wildman–Crippen MR) is 114 cm³/mol. The van der Waals surface area contributed by atoms with Crippen molar-refractivity contribution in [1.29, 1.82) is 0 Å². The highest BCUT2D eigenvalue weighted by Crippen LogP contribution is 2.25. The Bertz CT molecular complexity index is 1130. The van der Waals surface area contributed by atoms with E-state index in [0.29, 0.717) is 10.4 Å². The van der Waals surface area contributed by atoms with Crippen LogP contribution in [0.25, 0.3) is 0 Å². The van der Waals surface area contributed by atoms with E-state index in [1.165, 1.54) is 37.1 Å². The Kier molecular flexibility index (Phi) is 6.31. The van der Waals surface area contributed by atoms with Crippen molar-refractivity contribution in [3.05, 3.63) is 76.4 Å². The van der Waals surface area contributed by atoms with Gasteiger partial charge in [-0.1, -0.05) is 12.1 Å². The first-order valence-corrected chi connectivity index (χ1v) is 9.56. The number of rotatable bonds is 5. The molecule has 0 aliphatic heterocycles. The van der Waals surface area contributed by atoms with Crippen molar-refractivity contribution < 1.29 is 23.2 Å². The van der Waals surface area contributed by atoms with E-state index in [1.807, 2.05) is 0 Å². The van der Waals surface area contributed by atoms with Gasteiger partial charge in [0.05, 0.1) is 16.9 Å². The average Bonchev–Trinajstić information content (AvgIpc) is 3.15. The number of nitrogens with zero attached hydrogens (tertiary/aromatic N) is 1. The van der Waals surface area contributed by atoms with Crippen LogP contribution in [0.4, 0.5) is 21.5 Å². The van der Waals surface area contributed by atoms with Crippen LogP contribution in [0.3, 0.4) is 0 Å². The normalized spacial score (nSPS) is 10.4. The Balaban J connectivity index is 1.86. The molecule has 30 heavy (non-hydrogen) atoms. The molecule has 154 valence electrons. The van der Waals surface area contributed by atoms with E-state index in [1.54, 1.807) is 30.3 Å². The molecule has 3 aromatic rings. The van der Waals surface area contributed by atoms with Gasteiger partial charge in [-0.05, 0) is 58.4 Å². The highest BCUT2D eigenvalue weighted by atomic mass is 79.9. The van der Waals surface area contributed by atoms with E-state index in [0.717, 1.165) is 6.07 Å². The fraction of sp³-hybridized carbons (Fsp3) is 0.0952. The maximum atomic E-state index is 13.8. The smallest absolute Gasteiger partial charge is 0.293 e. The molecule has 0 bridgehead atoms. The van der Waals surface area contributed by atoms with E-state index >= 15 is 0 Å². The minimum atomic E-state index is -0.626. The summed E-state index contributed by atoms with van der Waals surface area (Å²) in [6, 6.07) is 13.5. The number of carbonyl (C=O) groups excluding carboxylic acids is 3. The summed E-state index contributed by atoms with van der Waals surface area (Å²) in [6.45, 7) is 1.26. The third-order valence-corrected chi connectivity index (χ3v) is 4.56. The lowest BCUT2D eigenvalue weighted by atomic mass is 10.1. The molecular formula is C21H17BrFN3O4. The van der Waals surface area contributed by atoms with Crippen molar-refractivity contribution in [3.8, 4) is 0 Å². The van der Waals surface area contributed by atoms with Gasteiger partial charge >= 0.3 is 0 Å². The average molecular weight is 474 g/mol. The number of halogens is 2. The molecule has 0 radical (unpaired) electrons. The van der Waals surface area contributed by atoms with Crippen molar-refractivity contribution in [1.82, 2.24) is 0 Å². The first kappa shape index (κ1) is 21.3. The van der Waals surface area contributed by atoms with Gasteiger partial charge in [-0.2, -0.15) is 0 Å². The highest BCUT2D eigenvalue weighted by molar-refractivity contribution is 9.10. The van der Waals surface area contributed by atoms with Crippen LogP contribution in [0.2, 0.25) is 0 Å². The molecule has 0 unspecified atom stereocenters. The van der Waals surface area contributed by atoms with Crippen LogP contribution in [-0.2, 0) is 4.79 Å². The zero-order valence-corrected chi connectivity index (χ0v) is 17.6. The summed E-state index contributed by atoms with van der Waals surface area (Å²) in [6.07, 6.45) is 0. The topological polar surface area (TPSA) is 91.7 Å². The molecule has 3 amide bonds. The van der Waals surface area contributed by atoms with Gasteiger partial charge in [-0.25, -0.2) is 4.39 Å². The summed E-state index contributed by atoms with van der Waals surface area (Å²) in [5.74, 6) is -1.90. The zero-order valence-electron chi connectivity index (χ0n) is 16.0. The molecule has 0 spiro atoms. The third kappa shape index (κ3) is 4.74. The molecule has 0 saturated heterocycles. The van der Waals surface area contributed by atoms with Gasteiger partial charge in [0.25, 0.3) is 11.8 Å². The van der Waals surface area contributed by atoms with Crippen molar-refractivity contribution >= 4 is 50.7 Å². The van der Waals surface area contributed by atoms with E-state index in [-0.39, 0.29) is 22.7 Å². The summed E-state index contributed by atoms with van der Waals surface area (Å²) in [5, 5.41) is 5.01. The van der Waals surface area contributed by atoms with Crippen LogP contribution in [0.1, 0.15) is 27.8 Å². The molecule has 1 aromatic heterocycles. The largest absolute Gasteiger partial charge is 0.444 e. The number of hydrogen-bond donors (Lipinski definition) is 2. The number of nitrogens with one attached hydrogen (secondary N) is 2. The van der Waals surface area contributed by atoms with Gasteiger partial charge in [0.1, 0.15) is 5.82 Å². The molecule has 1 heterocycles. The molecule has 0 aliphatic carbocycles. The Labute approximate surface area is 180 Å². The molecule has 0 saturated carbocycles. The van der Waals surface area contributed by atoms with Crippen molar-refractivity contribution in [2.24, 2.45) is 0 Å². The second kappa shape index (κ2) is 8.91. The summed E-state index contributed by atoms with van der Waals surface area (Å²) in [4.78, 5) is 38.0. The Morgan fingerprint density at radius 2 is 1.77 bits per heavy atom. The molecule has 2 N–H and O–H groups in total. The Hall–Kier alpha value is -3.46. The molecule has 0 aliphatic rings. The van der Waals surface area contributed by atoms with Crippen LogP contribution in [0.5, 0.6) is 0 Å². The first-order valence-electron chi connectivity index (χ1n) is 8.77. The van der Waals surface area contributed by atoms with Gasteiger partial charge in [-0.3, -0.25) is 14.4 Å². The number of anilines is 3. The van der Waals surface area contributed by atoms with Crippen LogP contribution < -0.4 is 15.5 Å². The maximum Gasteiger partial charge on any atom is 0.293 e. The van der Waals surface area contributed by atoms with Crippen molar-refractivity contribution in [2.75, 3.05) is 22.6 Å². The van der Waals surface area contributed by atoms with Gasteiger partial charge in [0.15, 0.2) is 10.4 Å². The van der Waals surface area contributed by atoms with Crippen LogP contribution >= 0.6 is 15.9 Å². The summed E-state index contributed by atoms with van der Waals surface area (Å²) in [5.41, 5.74) is 0.814. The SMILES string of the molecule is CC(=O)Nc1cc(NC(=O)c2ccccc2N(C)C(=O)c2ccc(Br)o2)ccc1F. The number of amides is 3. The molecule has 3 rings (SSSR count). The van der Waals surface area contributed by atoms with E-state index < -0.39 is 23.5 Å². The van der Waals surface area contributed by atoms with Gasteiger partial charge < -0.3 is 20.0 Å². The second-order valence-electron chi connectivity index (χ2n) is 6.32. The molecule has 9 heteroatoms. The molecule has 0 atom stereocenters. The van der Waals surface area contributed by atoms with Crippen molar-refractivity contribution in [3.63, 3.8) is 0 Å². The van der Waals surface area contributed by atoms with Crippen LogP contribution in [0.15, 0.2) is 63.7 Å². The second-order valence-corrected chi connectivity index (χ2v) is 7.10. The lowest BCUT2D eigenvalue weighted by Gasteiger charge is -2.19. The molecule has 2 aromatic carbocycles. The number of para-hydroxylation sites is 1. The number of hydrogen-bond acceptors (Lipinski definition) is 4. The number of carbonyl (C=O) groups is 3. The monoisotopic (exact) mass is 473 g/mol. The van der Waals surface area contributed by atoms with Crippen molar-refractivity contribution in [2.45, 2.75) is 6.92 Å². The van der Waals surface area contributed by atoms with Gasteiger partial charge in [0, 0.05) is 19.7 Å². The lowest BCUT2D eigenvalue weighted by molar-refractivity contribution is -0.114.